The Morgan fingerprint density at radius 1 is 0.968 bits per heavy atom. The molecule has 4 rings (SSSR count). The van der Waals surface area contributed by atoms with E-state index in [0.717, 1.165) is 27.6 Å². The summed E-state index contributed by atoms with van der Waals surface area (Å²) >= 11 is 6.57. The van der Waals surface area contributed by atoms with Crippen LogP contribution in [0.3, 0.4) is 0 Å². The number of pyridine rings is 2. The van der Waals surface area contributed by atoms with E-state index in [1.807, 2.05) is 32.0 Å². The molecule has 1 amide bonds. The van der Waals surface area contributed by atoms with Crippen LogP contribution in [0.4, 0.5) is 0 Å². The second-order valence-corrected chi connectivity index (χ2v) is 8.34. The van der Waals surface area contributed by atoms with E-state index in [0.29, 0.717) is 23.8 Å². The van der Waals surface area contributed by atoms with Crippen LogP contribution in [-0.4, -0.2) is 20.8 Å². The summed E-state index contributed by atoms with van der Waals surface area (Å²) in [6.45, 7) is 6.97. The number of carbonyl (C=O) groups excluding carboxylic acids is 1. The third-order valence-corrected chi connectivity index (χ3v) is 5.66. The first-order valence-corrected chi connectivity index (χ1v) is 10.6. The number of aromatic nitrogens is 2. The summed E-state index contributed by atoms with van der Waals surface area (Å²) < 4.78 is 0. The van der Waals surface area contributed by atoms with Crippen LogP contribution in [0.2, 0.25) is 5.15 Å². The zero-order chi connectivity index (χ0) is 22.0. The van der Waals surface area contributed by atoms with Gasteiger partial charge in [0.25, 0.3) is 5.91 Å². The Balaban J connectivity index is 1.72. The van der Waals surface area contributed by atoms with Gasteiger partial charge in [-0.15, -0.1) is 0 Å². The van der Waals surface area contributed by atoms with Crippen molar-refractivity contribution in [3.05, 3.63) is 106 Å². The van der Waals surface area contributed by atoms with Crippen LogP contribution in [0.25, 0.3) is 10.9 Å². The van der Waals surface area contributed by atoms with E-state index in [2.05, 4.69) is 41.2 Å². The molecule has 0 unspecified atom stereocenters. The van der Waals surface area contributed by atoms with E-state index < -0.39 is 0 Å². The Morgan fingerprint density at radius 3 is 2.45 bits per heavy atom. The molecule has 2 aromatic carbocycles. The van der Waals surface area contributed by atoms with Crippen molar-refractivity contribution >= 4 is 28.4 Å². The highest BCUT2D eigenvalue weighted by atomic mass is 35.5. The molecule has 0 spiro atoms. The summed E-state index contributed by atoms with van der Waals surface area (Å²) in [5.41, 5.74) is 6.76. The van der Waals surface area contributed by atoms with Gasteiger partial charge >= 0.3 is 0 Å². The molecule has 0 atom stereocenters. The fourth-order valence-electron chi connectivity index (χ4n) is 3.77. The van der Waals surface area contributed by atoms with Crippen LogP contribution in [0.15, 0.2) is 67.0 Å². The summed E-state index contributed by atoms with van der Waals surface area (Å²) in [5.74, 6) is -0.0924. The lowest BCUT2D eigenvalue weighted by Crippen LogP contribution is -2.30. The summed E-state index contributed by atoms with van der Waals surface area (Å²) in [4.78, 5) is 23.9. The SMILES string of the molecule is Cc1ccc(CN(Cc2cc3cc(C)cc(C)c3nc2Cl)C(=O)c2cccnc2)cc1. The monoisotopic (exact) mass is 429 g/mol. The molecule has 156 valence electrons. The predicted molar refractivity (Wildman–Crippen MR) is 125 cm³/mol. The number of nitrogens with zero attached hydrogens (tertiary/aromatic N) is 3. The Labute approximate surface area is 187 Å². The fraction of sp³-hybridized carbons (Fsp3) is 0.192. The minimum Gasteiger partial charge on any atom is -0.330 e. The van der Waals surface area contributed by atoms with E-state index in [1.54, 1.807) is 29.4 Å². The molecule has 5 heteroatoms. The molecular formula is C26H24ClN3O. The number of hydrogen-bond acceptors (Lipinski definition) is 3. The Morgan fingerprint density at radius 2 is 1.74 bits per heavy atom. The molecular weight excluding hydrogens is 406 g/mol. The van der Waals surface area contributed by atoms with Gasteiger partial charge < -0.3 is 4.90 Å². The van der Waals surface area contributed by atoms with Crippen molar-refractivity contribution in [2.45, 2.75) is 33.9 Å². The molecule has 0 bridgehead atoms. The van der Waals surface area contributed by atoms with Gasteiger partial charge in [-0.3, -0.25) is 9.78 Å². The molecule has 2 aromatic heterocycles. The first-order valence-electron chi connectivity index (χ1n) is 10.2. The van der Waals surface area contributed by atoms with E-state index in [1.165, 1.54) is 11.1 Å². The van der Waals surface area contributed by atoms with Gasteiger partial charge in [-0.25, -0.2) is 4.98 Å². The predicted octanol–water partition coefficient (Wildman–Crippen LogP) is 6.05. The van der Waals surface area contributed by atoms with Gasteiger partial charge in [0.15, 0.2) is 0 Å². The number of carbonyl (C=O) groups is 1. The van der Waals surface area contributed by atoms with Crippen molar-refractivity contribution in [1.82, 2.24) is 14.9 Å². The molecule has 0 aliphatic heterocycles. The Kier molecular flexibility index (Phi) is 6.01. The minimum absolute atomic E-state index is 0.0924. The molecule has 0 radical (unpaired) electrons. The van der Waals surface area contributed by atoms with Crippen LogP contribution in [0.5, 0.6) is 0 Å². The van der Waals surface area contributed by atoms with Crippen LogP contribution >= 0.6 is 11.6 Å². The Bertz CT molecular complexity index is 1240. The van der Waals surface area contributed by atoms with E-state index in [4.69, 9.17) is 11.6 Å². The molecule has 0 N–H and O–H groups in total. The van der Waals surface area contributed by atoms with E-state index in [9.17, 15) is 4.79 Å². The molecule has 0 aliphatic rings. The third kappa shape index (κ3) is 4.75. The van der Waals surface area contributed by atoms with Gasteiger partial charge in [0.05, 0.1) is 11.1 Å². The lowest BCUT2D eigenvalue weighted by molar-refractivity contribution is 0.0729. The lowest BCUT2D eigenvalue weighted by Gasteiger charge is -2.24. The van der Waals surface area contributed by atoms with Crippen LogP contribution in [-0.2, 0) is 13.1 Å². The van der Waals surface area contributed by atoms with Crippen LogP contribution < -0.4 is 0 Å². The zero-order valence-corrected chi connectivity index (χ0v) is 18.6. The maximum absolute atomic E-state index is 13.3. The summed E-state index contributed by atoms with van der Waals surface area (Å²) in [6.07, 6.45) is 3.26. The van der Waals surface area contributed by atoms with Gasteiger partial charge in [-0.1, -0.05) is 53.1 Å². The van der Waals surface area contributed by atoms with Gasteiger partial charge in [0.2, 0.25) is 0 Å². The highest BCUT2D eigenvalue weighted by molar-refractivity contribution is 6.30. The summed E-state index contributed by atoms with van der Waals surface area (Å²) in [5, 5.41) is 1.45. The normalized spacial score (nSPS) is 11.0. The topological polar surface area (TPSA) is 46.1 Å². The molecule has 2 heterocycles. The second kappa shape index (κ2) is 8.86. The highest BCUT2D eigenvalue weighted by Gasteiger charge is 2.19. The van der Waals surface area contributed by atoms with Gasteiger partial charge in [0.1, 0.15) is 5.15 Å². The quantitative estimate of drug-likeness (QED) is 0.363. The minimum atomic E-state index is -0.0924. The number of fused-ring (bicyclic) bond motifs is 1. The lowest BCUT2D eigenvalue weighted by atomic mass is 10.0. The average molecular weight is 430 g/mol. The first kappa shape index (κ1) is 21.0. The van der Waals surface area contributed by atoms with Crippen molar-refractivity contribution < 1.29 is 4.79 Å². The average Bonchev–Trinajstić information content (AvgIpc) is 2.76. The smallest absolute Gasteiger partial charge is 0.256 e. The van der Waals surface area contributed by atoms with Gasteiger partial charge in [-0.2, -0.15) is 0 Å². The molecule has 4 aromatic rings. The summed E-state index contributed by atoms with van der Waals surface area (Å²) in [6, 6.07) is 18.0. The number of rotatable bonds is 5. The fourth-order valence-corrected chi connectivity index (χ4v) is 3.97. The number of benzene rings is 2. The van der Waals surface area contributed by atoms with E-state index in [-0.39, 0.29) is 5.91 Å². The Hall–Kier alpha value is -3.24. The first-order chi connectivity index (χ1) is 14.9. The molecule has 0 aliphatic carbocycles. The highest BCUT2D eigenvalue weighted by Crippen LogP contribution is 2.26. The van der Waals surface area contributed by atoms with Crippen molar-refractivity contribution in [2.24, 2.45) is 0 Å². The van der Waals surface area contributed by atoms with Crippen LogP contribution in [0, 0.1) is 20.8 Å². The maximum atomic E-state index is 13.3. The van der Waals surface area contributed by atoms with Crippen molar-refractivity contribution in [2.75, 3.05) is 0 Å². The number of amides is 1. The van der Waals surface area contributed by atoms with Crippen LogP contribution in [0.1, 0.15) is 38.2 Å². The van der Waals surface area contributed by atoms with E-state index >= 15 is 0 Å². The zero-order valence-electron chi connectivity index (χ0n) is 17.9. The molecule has 0 fully saturated rings. The second-order valence-electron chi connectivity index (χ2n) is 7.98. The van der Waals surface area contributed by atoms with Gasteiger partial charge in [0, 0.05) is 36.4 Å². The van der Waals surface area contributed by atoms with Crippen molar-refractivity contribution in [1.29, 1.82) is 0 Å². The molecule has 0 saturated heterocycles. The van der Waals surface area contributed by atoms with Crippen molar-refractivity contribution in [3.63, 3.8) is 0 Å². The summed E-state index contributed by atoms with van der Waals surface area (Å²) in [7, 11) is 0. The third-order valence-electron chi connectivity index (χ3n) is 5.33. The van der Waals surface area contributed by atoms with Crippen molar-refractivity contribution in [3.8, 4) is 0 Å². The number of aryl methyl sites for hydroxylation is 3. The molecule has 4 nitrogen and oxygen atoms in total. The molecule has 31 heavy (non-hydrogen) atoms. The van der Waals surface area contributed by atoms with Gasteiger partial charge in [-0.05, 0) is 56.2 Å². The number of hydrogen-bond donors (Lipinski definition) is 0. The standard InChI is InChI=1S/C26H24ClN3O/c1-17-6-8-20(9-7-17)15-30(26(31)21-5-4-10-28-14-21)16-23-13-22-12-18(2)11-19(3)24(22)29-25(23)27/h4-14H,15-16H2,1-3H3. The number of halogens is 1. The largest absolute Gasteiger partial charge is 0.330 e. The maximum Gasteiger partial charge on any atom is 0.256 e. The molecule has 0 saturated carbocycles.